The minimum Gasteiger partial charge on any atom is -0.543 e. The zero-order valence-corrected chi connectivity index (χ0v) is 20.9. The average molecular weight is 502 g/mol. The first-order chi connectivity index (χ1) is 17.5. The summed E-state index contributed by atoms with van der Waals surface area (Å²) in [5.74, 6) is -2.56. The summed E-state index contributed by atoms with van der Waals surface area (Å²) in [6.07, 6.45) is 10.1. The molecule has 6 rings (SSSR count). The monoisotopic (exact) mass is 502 g/mol. The Kier molecular flexibility index (Phi) is 10.1. The van der Waals surface area contributed by atoms with Crippen LogP contribution >= 0.6 is 0 Å². The van der Waals surface area contributed by atoms with Crippen molar-refractivity contribution in [2.24, 2.45) is 0 Å². The number of hydrogen-bond donors (Lipinski definition) is 0. The Labute approximate surface area is 241 Å². The summed E-state index contributed by atoms with van der Waals surface area (Å²) in [4.78, 5) is 28.9. The van der Waals surface area contributed by atoms with Gasteiger partial charge in [0.2, 0.25) is 0 Å². The van der Waals surface area contributed by atoms with Crippen LogP contribution in [-0.2, 0) is 9.47 Å². The fourth-order valence-corrected chi connectivity index (χ4v) is 3.57. The minimum absolute atomic E-state index is 0. The minimum atomic E-state index is -1.28. The van der Waals surface area contributed by atoms with E-state index in [0.717, 1.165) is 22.3 Å². The van der Waals surface area contributed by atoms with E-state index < -0.39 is 11.9 Å². The molecule has 14 heteroatoms. The molecule has 0 aliphatic carbocycles. The summed E-state index contributed by atoms with van der Waals surface area (Å²) >= 11 is 0. The van der Waals surface area contributed by atoms with Gasteiger partial charge in [0.15, 0.2) is 0 Å². The van der Waals surface area contributed by atoms with Crippen LogP contribution in [0, 0.1) is 0 Å². The summed E-state index contributed by atoms with van der Waals surface area (Å²) in [6.45, 7) is 2.67. The smallest absolute Gasteiger partial charge is 0.543 e. The molecule has 184 valence electrons. The first-order valence-electron chi connectivity index (χ1n) is 11.1. The van der Waals surface area contributed by atoms with Gasteiger partial charge in [0.25, 0.3) is 0 Å². The van der Waals surface area contributed by atoms with E-state index >= 15 is 0 Å². The Morgan fingerprint density at radius 3 is 1.42 bits per heavy atom. The fourth-order valence-electron chi connectivity index (χ4n) is 3.57. The molecular formula is C24H20Li2N6O6. The van der Waals surface area contributed by atoms with E-state index in [2.05, 4.69) is 20.2 Å². The number of carboxylic acid groups (broad SMARTS) is 2. The number of rotatable bonds is 6. The quantitative estimate of drug-likeness (QED) is 0.232. The predicted molar refractivity (Wildman–Crippen MR) is 119 cm³/mol. The molecule has 0 radical (unpaired) electrons. The van der Waals surface area contributed by atoms with Gasteiger partial charge in [0.1, 0.15) is 0 Å². The van der Waals surface area contributed by atoms with Gasteiger partial charge in [-0.25, -0.2) is 0 Å². The normalized spacial score (nSPS) is 14.5. The number of aromatic nitrogens is 6. The Hall–Kier alpha value is -3.23. The molecule has 0 unspecified atom stereocenters. The zero-order valence-electron chi connectivity index (χ0n) is 20.9. The van der Waals surface area contributed by atoms with Gasteiger partial charge in [0.05, 0.1) is 74.2 Å². The molecule has 0 N–H and O–H groups in total. The Morgan fingerprint density at radius 1 is 0.711 bits per heavy atom. The third-order valence-electron chi connectivity index (χ3n) is 5.80. The number of pyridine rings is 2. The molecule has 2 fully saturated rings. The number of carboxylic acids is 2. The third-order valence-corrected chi connectivity index (χ3v) is 5.80. The van der Waals surface area contributed by atoms with Crippen LogP contribution in [0.5, 0.6) is 0 Å². The summed E-state index contributed by atoms with van der Waals surface area (Å²) in [5, 5.41) is 30.0. The number of nitrogens with zero attached hydrogens (tertiary/aromatic N) is 6. The molecule has 4 aromatic rings. The molecule has 6 heterocycles. The molecule has 4 aromatic heterocycles. The van der Waals surface area contributed by atoms with Gasteiger partial charge in [-0.2, -0.15) is 10.2 Å². The Morgan fingerprint density at radius 2 is 1.11 bits per heavy atom. The van der Waals surface area contributed by atoms with Crippen molar-refractivity contribution in [2.45, 2.75) is 12.1 Å². The molecule has 2 aliphatic heterocycles. The second-order valence-electron chi connectivity index (χ2n) is 8.24. The van der Waals surface area contributed by atoms with Crippen LogP contribution in [0.15, 0.2) is 61.4 Å². The van der Waals surface area contributed by atoms with Crippen LogP contribution in [0.1, 0.15) is 33.1 Å². The van der Waals surface area contributed by atoms with Crippen molar-refractivity contribution in [1.82, 2.24) is 29.5 Å². The van der Waals surface area contributed by atoms with Gasteiger partial charge >= 0.3 is 37.7 Å². The topological polar surface area (TPSA) is 160 Å². The molecule has 12 nitrogen and oxygen atoms in total. The number of carbonyl (C=O) groups excluding carboxylic acids is 2. The van der Waals surface area contributed by atoms with Gasteiger partial charge in [-0.05, 0) is 35.4 Å². The molecule has 0 aromatic carbocycles. The second kappa shape index (κ2) is 13.0. The molecule has 2 aliphatic rings. The first-order valence-corrected chi connectivity index (χ1v) is 11.1. The molecule has 0 spiro atoms. The molecule has 0 bridgehead atoms. The van der Waals surface area contributed by atoms with Crippen molar-refractivity contribution in [3.05, 3.63) is 72.8 Å². The molecule has 0 saturated carbocycles. The summed E-state index contributed by atoms with van der Waals surface area (Å²) in [6, 6.07) is 7.00. The fraction of sp³-hybridized carbons (Fsp3) is 0.250. The number of carbonyl (C=O) groups is 2. The predicted octanol–water partition coefficient (Wildman–Crippen LogP) is -6.23. The summed E-state index contributed by atoms with van der Waals surface area (Å²) < 4.78 is 13.9. The van der Waals surface area contributed by atoms with Gasteiger partial charge < -0.3 is 29.3 Å². The summed E-state index contributed by atoms with van der Waals surface area (Å²) in [5.41, 5.74) is 3.07. The van der Waals surface area contributed by atoms with Crippen molar-refractivity contribution in [3.63, 3.8) is 0 Å². The maximum Gasteiger partial charge on any atom is 1.00 e. The van der Waals surface area contributed by atoms with Crippen LogP contribution in [0.25, 0.3) is 22.3 Å². The summed E-state index contributed by atoms with van der Waals surface area (Å²) in [7, 11) is 0. The molecular weight excluding hydrogens is 482 g/mol. The SMILES string of the molecule is O=C([O-])c1cc(-c2cnn(C3COC3)c2)ccn1.O=C([O-])c1cc(-c2cnn(C3COC3)c2)ccn1.[Li+].[Li+]. The van der Waals surface area contributed by atoms with Crippen LogP contribution in [0.4, 0.5) is 0 Å². The average Bonchev–Trinajstić information content (AvgIpc) is 3.48. The number of hydrogen-bond acceptors (Lipinski definition) is 10. The van der Waals surface area contributed by atoms with Crippen molar-refractivity contribution in [1.29, 1.82) is 0 Å². The Balaban J connectivity index is 0.000000200. The van der Waals surface area contributed by atoms with Crippen molar-refractivity contribution in [3.8, 4) is 22.3 Å². The van der Waals surface area contributed by atoms with E-state index in [9.17, 15) is 19.8 Å². The van der Waals surface area contributed by atoms with Crippen molar-refractivity contribution < 1.29 is 67.0 Å². The maximum atomic E-state index is 10.7. The van der Waals surface area contributed by atoms with Crippen LogP contribution in [-0.4, -0.2) is 67.9 Å². The van der Waals surface area contributed by atoms with E-state index in [4.69, 9.17) is 9.47 Å². The number of ether oxygens (including phenoxy) is 2. The van der Waals surface area contributed by atoms with Crippen molar-refractivity contribution >= 4 is 11.9 Å². The van der Waals surface area contributed by atoms with Gasteiger partial charge in [-0.1, -0.05) is 0 Å². The van der Waals surface area contributed by atoms with Crippen LogP contribution in [0.3, 0.4) is 0 Å². The van der Waals surface area contributed by atoms with E-state index in [1.807, 2.05) is 21.8 Å². The van der Waals surface area contributed by atoms with Crippen LogP contribution < -0.4 is 47.9 Å². The number of aromatic carboxylic acids is 2. The van der Waals surface area contributed by atoms with E-state index in [0.29, 0.717) is 26.4 Å². The Bertz CT molecular complexity index is 1300. The standard InChI is InChI=1S/2C12H11N3O3.2Li/c2*16-12(17)11-3-8(1-2-13-11)9-4-14-15(5-9)10-6-18-7-10;;/h2*1-5,10H,6-7H2,(H,16,17);;/q;;2*+1/p-2. The third kappa shape index (κ3) is 6.61. The maximum absolute atomic E-state index is 10.7. The van der Waals surface area contributed by atoms with Gasteiger partial charge in [0, 0.05) is 35.9 Å². The first kappa shape index (κ1) is 29.3. The van der Waals surface area contributed by atoms with E-state index in [-0.39, 0.29) is 61.2 Å². The molecule has 2 saturated heterocycles. The largest absolute Gasteiger partial charge is 1.00 e. The van der Waals surface area contributed by atoms with Crippen molar-refractivity contribution in [2.75, 3.05) is 26.4 Å². The molecule has 0 atom stereocenters. The van der Waals surface area contributed by atoms with E-state index in [1.54, 1.807) is 24.5 Å². The van der Waals surface area contributed by atoms with Gasteiger partial charge in [-0.3, -0.25) is 19.3 Å². The van der Waals surface area contributed by atoms with Crippen LogP contribution in [0.2, 0.25) is 0 Å². The zero-order chi connectivity index (χ0) is 25.1. The van der Waals surface area contributed by atoms with Gasteiger partial charge in [-0.15, -0.1) is 0 Å². The molecule has 0 amide bonds. The van der Waals surface area contributed by atoms with E-state index in [1.165, 1.54) is 24.5 Å². The molecule has 38 heavy (non-hydrogen) atoms. The second-order valence-corrected chi connectivity index (χ2v) is 8.24.